The van der Waals surface area contributed by atoms with E-state index in [1.165, 1.54) is 6.07 Å². The molecule has 7 heteroatoms. The number of halogens is 4. The highest BCUT2D eigenvalue weighted by molar-refractivity contribution is 6.29. The van der Waals surface area contributed by atoms with Gasteiger partial charge in [-0.3, -0.25) is 0 Å². The Morgan fingerprint density at radius 2 is 1.89 bits per heavy atom. The maximum absolute atomic E-state index is 13.5. The Hall–Kier alpha value is -1.82. The number of aryl methyl sites for hydroxylation is 1. The number of hydrogen-bond acceptors (Lipinski definition) is 3. The molecule has 0 amide bonds. The van der Waals surface area contributed by atoms with Crippen molar-refractivity contribution in [3.8, 4) is 0 Å². The molecular weight excluding hydrogens is 279 g/mol. The number of aromatic nitrogens is 2. The minimum absolute atomic E-state index is 0.159. The predicted molar refractivity (Wildman–Crippen MR) is 66.0 cm³/mol. The summed E-state index contributed by atoms with van der Waals surface area (Å²) in [5.41, 5.74) is -0.352. The van der Waals surface area contributed by atoms with Crippen molar-refractivity contribution >= 4 is 23.1 Å². The van der Waals surface area contributed by atoms with Crippen molar-refractivity contribution in [1.82, 2.24) is 9.97 Å². The Kier molecular flexibility index (Phi) is 3.90. The summed E-state index contributed by atoms with van der Waals surface area (Å²) in [4.78, 5) is 7.95. The average molecular weight is 288 g/mol. The molecule has 0 atom stereocenters. The van der Waals surface area contributed by atoms with Gasteiger partial charge in [-0.25, -0.2) is 23.1 Å². The summed E-state index contributed by atoms with van der Waals surface area (Å²) in [6.07, 6.45) is 0.523. The van der Waals surface area contributed by atoms with E-state index in [4.69, 9.17) is 11.6 Å². The molecule has 19 heavy (non-hydrogen) atoms. The number of anilines is 2. The number of nitrogens with one attached hydrogen (secondary N) is 1. The van der Waals surface area contributed by atoms with Crippen molar-refractivity contribution in [2.75, 3.05) is 5.32 Å². The van der Waals surface area contributed by atoms with Crippen LogP contribution in [0.25, 0.3) is 0 Å². The molecule has 0 unspecified atom stereocenters. The lowest BCUT2D eigenvalue weighted by Crippen LogP contribution is -2.02. The summed E-state index contributed by atoms with van der Waals surface area (Å²) in [5, 5.41) is 2.64. The van der Waals surface area contributed by atoms with Gasteiger partial charge in [-0.2, -0.15) is 0 Å². The van der Waals surface area contributed by atoms with E-state index < -0.39 is 17.5 Å². The van der Waals surface area contributed by atoms with E-state index in [1.807, 2.05) is 6.92 Å². The fourth-order valence-corrected chi connectivity index (χ4v) is 1.67. The average Bonchev–Trinajstić information content (AvgIpc) is 2.34. The summed E-state index contributed by atoms with van der Waals surface area (Å²) < 4.78 is 39.6. The molecule has 1 heterocycles. The van der Waals surface area contributed by atoms with Gasteiger partial charge < -0.3 is 5.32 Å². The molecular formula is C12H9ClF3N3. The van der Waals surface area contributed by atoms with E-state index in [-0.39, 0.29) is 16.7 Å². The van der Waals surface area contributed by atoms with Crippen molar-refractivity contribution in [3.63, 3.8) is 0 Å². The standard InChI is InChI=1S/C12H9ClF3N3/c1-2-10-18-9(13)5-11(19-10)17-8-4-6(14)3-7(15)12(8)16/h3-5H,2H2,1H3,(H,17,18,19). The first kappa shape index (κ1) is 13.6. The van der Waals surface area contributed by atoms with Crippen molar-refractivity contribution in [3.05, 3.63) is 46.6 Å². The van der Waals surface area contributed by atoms with Gasteiger partial charge in [0.05, 0.1) is 5.69 Å². The molecule has 0 aliphatic rings. The van der Waals surface area contributed by atoms with E-state index in [1.54, 1.807) is 0 Å². The Labute approximate surface area is 112 Å². The van der Waals surface area contributed by atoms with E-state index in [0.717, 1.165) is 6.07 Å². The quantitative estimate of drug-likeness (QED) is 0.688. The molecule has 0 saturated heterocycles. The van der Waals surface area contributed by atoms with Crippen LogP contribution in [0.3, 0.4) is 0 Å². The van der Waals surface area contributed by atoms with Crippen LogP contribution in [-0.4, -0.2) is 9.97 Å². The van der Waals surface area contributed by atoms with Crippen molar-refractivity contribution in [1.29, 1.82) is 0 Å². The van der Waals surface area contributed by atoms with Gasteiger partial charge in [0.2, 0.25) is 0 Å². The molecule has 0 aliphatic heterocycles. The van der Waals surface area contributed by atoms with E-state index in [9.17, 15) is 13.2 Å². The van der Waals surface area contributed by atoms with Crippen LogP contribution in [0, 0.1) is 17.5 Å². The van der Waals surface area contributed by atoms with Gasteiger partial charge in [0.25, 0.3) is 0 Å². The highest BCUT2D eigenvalue weighted by Crippen LogP contribution is 2.23. The SMILES string of the molecule is CCc1nc(Cl)cc(Nc2cc(F)cc(F)c2F)n1. The highest BCUT2D eigenvalue weighted by atomic mass is 35.5. The van der Waals surface area contributed by atoms with Crippen LogP contribution in [0.1, 0.15) is 12.7 Å². The van der Waals surface area contributed by atoms with Crippen molar-refractivity contribution in [2.45, 2.75) is 13.3 Å². The van der Waals surface area contributed by atoms with Gasteiger partial charge in [-0.05, 0) is 0 Å². The van der Waals surface area contributed by atoms with Crippen LogP contribution >= 0.6 is 11.6 Å². The van der Waals surface area contributed by atoms with E-state index in [0.29, 0.717) is 18.3 Å². The smallest absolute Gasteiger partial charge is 0.182 e. The zero-order valence-electron chi connectivity index (χ0n) is 9.85. The topological polar surface area (TPSA) is 37.8 Å². The molecule has 100 valence electrons. The predicted octanol–water partition coefficient (Wildman–Crippen LogP) is 3.85. The minimum Gasteiger partial charge on any atom is -0.338 e. The Morgan fingerprint density at radius 3 is 2.58 bits per heavy atom. The second-order valence-electron chi connectivity index (χ2n) is 3.72. The molecule has 3 nitrogen and oxygen atoms in total. The van der Waals surface area contributed by atoms with Gasteiger partial charge in [-0.1, -0.05) is 18.5 Å². The molecule has 0 saturated carbocycles. The third-order valence-corrected chi connectivity index (χ3v) is 2.51. The zero-order valence-corrected chi connectivity index (χ0v) is 10.6. The van der Waals surface area contributed by atoms with Crippen LogP contribution in [0.4, 0.5) is 24.7 Å². The number of nitrogens with zero attached hydrogens (tertiary/aromatic N) is 2. The van der Waals surface area contributed by atoms with Gasteiger partial charge in [0, 0.05) is 24.6 Å². The molecule has 0 radical (unpaired) electrons. The van der Waals surface area contributed by atoms with Gasteiger partial charge >= 0.3 is 0 Å². The minimum atomic E-state index is -1.28. The lowest BCUT2D eigenvalue weighted by atomic mass is 10.3. The largest absolute Gasteiger partial charge is 0.338 e. The first-order chi connectivity index (χ1) is 8.99. The molecule has 1 aromatic heterocycles. The van der Waals surface area contributed by atoms with Gasteiger partial charge in [0.1, 0.15) is 22.6 Å². The summed E-state index contributed by atoms with van der Waals surface area (Å²) in [6.45, 7) is 1.82. The second kappa shape index (κ2) is 5.44. The number of hydrogen-bond donors (Lipinski definition) is 1. The Morgan fingerprint density at radius 1 is 1.16 bits per heavy atom. The van der Waals surface area contributed by atoms with E-state index >= 15 is 0 Å². The van der Waals surface area contributed by atoms with Crippen LogP contribution < -0.4 is 5.32 Å². The lowest BCUT2D eigenvalue weighted by molar-refractivity contribution is 0.498. The van der Waals surface area contributed by atoms with Crippen LogP contribution in [-0.2, 0) is 6.42 Å². The summed E-state index contributed by atoms with van der Waals surface area (Å²) >= 11 is 5.76. The second-order valence-corrected chi connectivity index (χ2v) is 4.11. The first-order valence-electron chi connectivity index (χ1n) is 5.44. The maximum atomic E-state index is 13.5. The molecule has 0 bridgehead atoms. The Bertz CT molecular complexity index is 619. The van der Waals surface area contributed by atoms with Crippen molar-refractivity contribution < 1.29 is 13.2 Å². The highest BCUT2D eigenvalue weighted by Gasteiger charge is 2.12. The number of benzene rings is 1. The first-order valence-corrected chi connectivity index (χ1v) is 5.82. The summed E-state index contributed by atoms with van der Waals surface area (Å²) in [7, 11) is 0. The van der Waals surface area contributed by atoms with Crippen LogP contribution in [0.2, 0.25) is 5.15 Å². The summed E-state index contributed by atoms with van der Waals surface area (Å²) in [6, 6.07) is 2.63. The van der Waals surface area contributed by atoms with Gasteiger partial charge in [0.15, 0.2) is 11.6 Å². The number of rotatable bonds is 3. The van der Waals surface area contributed by atoms with E-state index in [2.05, 4.69) is 15.3 Å². The summed E-state index contributed by atoms with van der Waals surface area (Å²) in [5.74, 6) is -2.75. The maximum Gasteiger partial charge on any atom is 0.182 e. The lowest BCUT2D eigenvalue weighted by Gasteiger charge is -2.09. The van der Waals surface area contributed by atoms with Crippen LogP contribution in [0.15, 0.2) is 18.2 Å². The third kappa shape index (κ3) is 3.14. The normalized spacial score (nSPS) is 10.6. The fraction of sp³-hybridized carbons (Fsp3) is 0.167. The van der Waals surface area contributed by atoms with Crippen LogP contribution in [0.5, 0.6) is 0 Å². The van der Waals surface area contributed by atoms with Crippen molar-refractivity contribution in [2.24, 2.45) is 0 Å². The Balaban J connectivity index is 2.38. The molecule has 0 spiro atoms. The molecule has 2 aromatic rings. The molecule has 1 aromatic carbocycles. The fourth-order valence-electron chi connectivity index (χ4n) is 1.47. The molecule has 2 rings (SSSR count). The third-order valence-electron chi connectivity index (χ3n) is 2.31. The molecule has 0 aliphatic carbocycles. The zero-order chi connectivity index (χ0) is 14.0. The monoisotopic (exact) mass is 287 g/mol. The van der Waals surface area contributed by atoms with Gasteiger partial charge in [-0.15, -0.1) is 0 Å². The molecule has 0 fully saturated rings. The molecule has 1 N–H and O–H groups in total.